The van der Waals surface area contributed by atoms with Gasteiger partial charge >= 0.3 is 12.1 Å². The van der Waals surface area contributed by atoms with Gasteiger partial charge < -0.3 is 10.0 Å². The van der Waals surface area contributed by atoms with Crippen molar-refractivity contribution in [1.29, 1.82) is 0 Å². The number of halogens is 3. The lowest BCUT2D eigenvalue weighted by atomic mass is 9.86. The van der Waals surface area contributed by atoms with Crippen LogP contribution in [0.1, 0.15) is 26.8 Å². The van der Waals surface area contributed by atoms with Crippen LogP contribution in [0.25, 0.3) is 0 Å². The van der Waals surface area contributed by atoms with Crippen LogP contribution in [0.15, 0.2) is 0 Å². The Morgan fingerprint density at radius 2 is 2.00 bits per heavy atom. The minimum absolute atomic E-state index is 0.0980. The Hall–Kier alpha value is -1.64. The van der Waals surface area contributed by atoms with Crippen molar-refractivity contribution in [3.63, 3.8) is 0 Å². The molecule has 9 heteroatoms. The molecule has 0 bridgehead atoms. The number of thiazole rings is 1. The van der Waals surface area contributed by atoms with E-state index < -0.39 is 36.4 Å². The Labute approximate surface area is 122 Å². The zero-order chi connectivity index (χ0) is 16.0. The number of carboxylic acid groups (broad SMARTS) is 1. The smallest absolute Gasteiger partial charge is 0.406 e. The molecular weight excluding hydrogens is 309 g/mol. The van der Waals surface area contributed by atoms with Gasteiger partial charge in [-0.2, -0.15) is 13.2 Å². The molecule has 21 heavy (non-hydrogen) atoms. The number of hydrogen-bond donors (Lipinski definition) is 1. The van der Waals surface area contributed by atoms with Crippen LogP contribution in [0.5, 0.6) is 0 Å². The van der Waals surface area contributed by atoms with E-state index in [0.29, 0.717) is 9.88 Å². The van der Waals surface area contributed by atoms with Gasteiger partial charge in [0.2, 0.25) is 0 Å². The van der Waals surface area contributed by atoms with E-state index in [4.69, 9.17) is 5.11 Å². The normalized spacial score (nSPS) is 22.6. The molecule has 1 saturated heterocycles. The van der Waals surface area contributed by atoms with E-state index >= 15 is 0 Å². The fourth-order valence-electron chi connectivity index (χ4n) is 2.39. The molecule has 0 aliphatic carbocycles. The maximum Gasteiger partial charge on any atom is 0.406 e. The molecule has 1 aromatic rings. The van der Waals surface area contributed by atoms with Gasteiger partial charge in [0, 0.05) is 18.0 Å². The number of rotatable bonds is 2. The Kier molecular flexibility index (Phi) is 3.73. The molecule has 0 spiro atoms. The van der Waals surface area contributed by atoms with Crippen LogP contribution in [-0.4, -0.2) is 46.1 Å². The lowest BCUT2D eigenvalue weighted by Crippen LogP contribution is -2.47. The van der Waals surface area contributed by atoms with Gasteiger partial charge in [-0.1, -0.05) is 0 Å². The van der Waals surface area contributed by atoms with Crippen molar-refractivity contribution in [3.05, 3.63) is 15.6 Å². The minimum atomic E-state index is -4.90. The molecular formula is C12H13F3N2O3S. The van der Waals surface area contributed by atoms with E-state index in [1.54, 1.807) is 13.8 Å². The molecule has 1 aromatic heterocycles. The van der Waals surface area contributed by atoms with E-state index in [9.17, 15) is 22.8 Å². The number of alkyl halides is 3. The molecule has 2 heterocycles. The summed E-state index contributed by atoms with van der Waals surface area (Å²) in [6, 6.07) is 0. The van der Waals surface area contributed by atoms with Gasteiger partial charge in [-0.3, -0.25) is 9.59 Å². The Bertz CT molecular complexity index is 599. The number of hydrogen-bond acceptors (Lipinski definition) is 4. The summed E-state index contributed by atoms with van der Waals surface area (Å²) in [5, 5.41) is 9.59. The van der Waals surface area contributed by atoms with Gasteiger partial charge in [-0.05, 0) is 20.3 Å². The molecule has 1 aliphatic heterocycles. The second-order valence-electron chi connectivity index (χ2n) is 5.00. The van der Waals surface area contributed by atoms with Gasteiger partial charge in [-0.25, -0.2) is 4.98 Å². The average molecular weight is 322 g/mol. The summed E-state index contributed by atoms with van der Waals surface area (Å²) in [7, 11) is 0. The van der Waals surface area contributed by atoms with Crippen LogP contribution >= 0.6 is 11.3 Å². The Balaban J connectivity index is 2.28. The first kappa shape index (κ1) is 15.7. The first-order valence-electron chi connectivity index (χ1n) is 6.12. The van der Waals surface area contributed by atoms with E-state index in [2.05, 4.69) is 4.98 Å². The van der Waals surface area contributed by atoms with Crippen molar-refractivity contribution < 1.29 is 27.9 Å². The second kappa shape index (κ2) is 4.97. The lowest BCUT2D eigenvalue weighted by molar-refractivity contribution is -0.227. The highest BCUT2D eigenvalue weighted by Crippen LogP contribution is 2.46. The molecule has 1 atom stereocenters. The summed E-state index contributed by atoms with van der Waals surface area (Å²) >= 11 is 1.27. The number of carbonyl (C=O) groups excluding carboxylic acids is 1. The standard InChI is InChI=1S/C12H13F3N2O3S/c1-6-8(16-7(2)21-6)9(18)17-4-3-11(5-17,10(19)20)12(13,14)15/h3-5H2,1-2H3,(H,19,20)/t11-/m0/s1. The zero-order valence-electron chi connectivity index (χ0n) is 11.3. The number of aromatic nitrogens is 1. The fourth-order valence-corrected chi connectivity index (χ4v) is 3.20. The van der Waals surface area contributed by atoms with Gasteiger partial charge in [0.15, 0.2) is 5.41 Å². The quantitative estimate of drug-likeness (QED) is 0.906. The van der Waals surface area contributed by atoms with Gasteiger partial charge in [0.25, 0.3) is 5.91 Å². The van der Waals surface area contributed by atoms with Crippen molar-refractivity contribution in [2.45, 2.75) is 26.4 Å². The second-order valence-corrected chi connectivity index (χ2v) is 6.41. The Morgan fingerprint density at radius 1 is 1.38 bits per heavy atom. The van der Waals surface area contributed by atoms with E-state index in [-0.39, 0.29) is 12.2 Å². The highest BCUT2D eigenvalue weighted by atomic mass is 32.1. The maximum atomic E-state index is 13.1. The molecule has 1 aliphatic rings. The maximum absolute atomic E-state index is 13.1. The molecule has 0 radical (unpaired) electrons. The van der Waals surface area contributed by atoms with Gasteiger partial charge in [0.1, 0.15) is 5.69 Å². The predicted octanol–water partition coefficient (Wildman–Crippen LogP) is 2.24. The largest absolute Gasteiger partial charge is 0.481 e. The van der Waals surface area contributed by atoms with Crippen molar-refractivity contribution >= 4 is 23.2 Å². The van der Waals surface area contributed by atoms with Gasteiger partial charge in [0.05, 0.1) is 5.01 Å². The summed E-state index contributed by atoms with van der Waals surface area (Å²) < 4.78 is 39.2. The van der Waals surface area contributed by atoms with Crippen LogP contribution in [0.4, 0.5) is 13.2 Å². The fraction of sp³-hybridized carbons (Fsp3) is 0.583. The monoisotopic (exact) mass is 322 g/mol. The molecule has 1 amide bonds. The van der Waals surface area contributed by atoms with E-state index in [0.717, 1.165) is 4.90 Å². The summed E-state index contributed by atoms with van der Waals surface area (Å²) in [6.07, 6.45) is -5.54. The van der Waals surface area contributed by atoms with Crippen LogP contribution < -0.4 is 0 Å². The van der Waals surface area contributed by atoms with Crippen molar-refractivity contribution in [3.8, 4) is 0 Å². The van der Waals surface area contributed by atoms with E-state index in [1.807, 2.05) is 0 Å². The SMILES string of the molecule is Cc1nc(C(=O)N2CC[C@](C(=O)O)(C(F)(F)F)C2)c(C)s1. The third-order valence-corrected chi connectivity index (χ3v) is 4.50. The molecule has 1 N–H and O–H groups in total. The molecule has 0 aromatic carbocycles. The van der Waals surface area contributed by atoms with Crippen LogP contribution in [-0.2, 0) is 4.79 Å². The Morgan fingerprint density at radius 3 is 2.38 bits per heavy atom. The van der Waals surface area contributed by atoms with Crippen molar-refractivity contribution in [2.24, 2.45) is 5.41 Å². The van der Waals surface area contributed by atoms with E-state index in [1.165, 1.54) is 11.3 Å². The molecule has 2 rings (SSSR count). The number of carboxylic acids is 1. The van der Waals surface area contributed by atoms with Gasteiger partial charge in [-0.15, -0.1) is 11.3 Å². The number of aliphatic carboxylic acids is 1. The van der Waals surface area contributed by atoms with Crippen molar-refractivity contribution in [1.82, 2.24) is 9.88 Å². The third-order valence-electron chi connectivity index (χ3n) is 3.61. The first-order chi connectivity index (χ1) is 9.58. The lowest BCUT2D eigenvalue weighted by Gasteiger charge is -2.27. The predicted molar refractivity (Wildman–Crippen MR) is 68.2 cm³/mol. The number of amides is 1. The number of likely N-dealkylation sites (tertiary alicyclic amines) is 1. The highest BCUT2D eigenvalue weighted by molar-refractivity contribution is 7.11. The molecule has 116 valence electrons. The summed E-state index contributed by atoms with van der Waals surface area (Å²) in [4.78, 5) is 28.8. The molecule has 1 fully saturated rings. The molecule has 0 saturated carbocycles. The molecule has 5 nitrogen and oxygen atoms in total. The van der Waals surface area contributed by atoms with Crippen LogP contribution in [0, 0.1) is 19.3 Å². The van der Waals surface area contributed by atoms with Crippen LogP contribution in [0.2, 0.25) is 0 Å². The molecule has 0 unspecified atom stereocenters. The minimum Gasteiger partial charge on any atom is -0.481 e. The summed E-state index contributed by atoms with van der Waals surface area (Å²) in [5.74, 6) is -2.60. The third kappa shape index (κ3) is 2.50. The number of aryl methyl sites for hydroxylation is 2. The summed E-state index contributed by atoms with van der Waals surface area (Å²) in [6.45, 7) is 2.22. The van der Waals surface area contributed by atoms with Crippen molar-refractivity contribution in [2.75, 3.05) is 13.1 Å². The first-order valence-corrected chi connectivity index (χ1v) is 6.93. The highest BCUT2D eigenvalue weighted by Gasteiger charge is 2.64. The average Bonchev–Trinajstić information content (AvgIpc) is 2.92. The number of carbonyl (C=O) groups is 2. The van der Waals surface area contributed by atoms with Crippen LogP contribution in [0.3, 0.4) is 0 Å². The number of nitrogens with zero attached hydrogens (tertiary/aromatic N) is 2. The zero-order valence-corrected chi connectivity index (χ0v) is 12.1. The summed E-state index contributed by atoms with van der Waals surface area (Å²) in [5.41, 5.74) is -2.79. The topological polar surface area (TPSA) is 70.5 Å².